The third-order valence-electron chi connectivity index (χ3n) is 10.5. The van der Waals surface area contributed by atoms with E-state index < -0.39 is 0 Å². The Labute approximate surface area is 361 Å². The van der Waals surface area contributed by atoms with Crippen LogP contribution in [0.3, 0.4) is 0 Å². The molecular formula is C57H65N3. The van der Waals surface area contributed by atoms with Crippen LogP contribution >= 0.6 is 0 Å². The summed E-state index contributed by atoms with van der Waals surface area (Å²) in [6, 6.07) is 39.2. The van der Waals surface area contributed by atoms with E-state index in [9.17, 15) is 0 Å². The molecule has 6 rings (SSSR count). The molecule has 3 heteroatoms. The summed E-state index contributed by atoms with van der Waals surface area (Å²) in [5.74, 6) is 0. The summed E-state index contributed by atoms with van der Waals surface area (Å²) in [7, 11) is 0. The van der Waals surface area contributed by atoms with E-state index in [1.54, 1.807) is 0 Å². The fourth-order valence-electron chi connectivity index (χ4n) is 7.50. The Kier molecular flexibility index (Phi) is 19.7. The number of nitrogens with one attached hydrogen (secondary N) is 1. The standard InChI is InChI=1S/C47H46N2.C8H13N.C2H6/c1-6-16-38-19-11-12-20-40(38)34(4)37(7-2)27-25-35(31-33(3)47(48-5)49-32-36-17-9-8-10-18-36)26-28-39-29-30-45-43-22-14-13-21-42(43)44-24-15-23-41(39)46(44)45;1-3-4-5-6-7-8-9-2;1-2/h7-24,26-27,29-31,47,49H,2,5-6,25,28,32H2,1,3-4H3;3-6H,2,7-8H2,1H3;1-2H3/b33-31+,35-26-,37-27+,38-16-,40-34+;4-3-,6-5-;. The number of rotatable bonds is 17. The molecule has 1 atom stereocenters. The molecule has 0 fully saturated rings. The molecule has 1 N–H and O–H groups in total. The number of fused-ring (bicyclic) bond motifs is 3. The Bertz CT molecular complexity index is 2440. The molecule has 0 bridgehead atoms. The molecule has 5 aromatic rings. The van der Waals surface area contributed by atoms with Crippen LogP contribution in [0.15, 0.2) is 191 Å². The van der Waals surface area contributed by atoms with Gasteiger partial charge in [-0.15, -0.1) is 0 Å². The normalized spacial score (nSPS) is 13.6. The van der Waals surface area contributed by atoms with Gasteiger partial charge in [0.1, 0.15) is 6.17 Å². The van der Waals surface area contributed by atoms with Gasteiger partial charge in [-0.1, -0.05) is 191 Å². The Hall–Kier alpha value is -6.16. The molecule has 0 radical (unpaired) electrons. The zero-order chi connectivity index (χ0) is 43.1. The maximum absolute atomic E-state index is 4.47. The molecule has 5 aromatic carbocycles. The van der Waals surface area contributed by atoms with Crippen LogP contribution in [0.1, 0.15) is 71.9 Å². The molecule has 0 amide bonds. The van der Waals surface area contributed by atoms with E-state index in [4.69, 9.17) is 0 Å². The molecule has 1 unspecified atom stereocenters. The van der Waals surface area contributed by atoms with Crippen molar-refractivity contribution >= 4 is 35.9 Å². The highest BCUT2D eigenvalue weighted by atomic mass is 15.1. The highest BCUT2D eigenvalue weighted by molar-refractivity contribution is 6.16. The zero-order valence-electron chi connectivity index (χ0n) is 36.9. The van der Waals surface area contributed by atoms with E-state index >= 15 is 0 Å². The number of hydrogen-bond donors (Lipinski definition) is 1. The molecule has 0 spiro atoms. The van der Waals surface area contributed by atoms with Crippen LogP contribution in [0.25, 0.3) is 44.7 Å². The lowest BCUT2D eigenvalue weighted by Gasteiger charge is -2.16. The highest BCUT2D eigenvalue weighted by Gasteiger charge is 2.21. The summed E-state index contributed by atoms with van der Waals surface area (Å²) < 4.78 is 0. The molecule has 1 aliphatic carbocycles. The van der Waals surface area contributed by atoms with Gasteiger partial charge in [0.15, 0.2) is 0 Å². The fraction of sp³-hybridized carbons (Fsp3) is 0.228. The van der Waals surface area contributed by atoms with E-state index in [0.29, 0.717) is 0 Å². The van der Waals surface area contributed by atoms with Crippen LogP contribution in [-0.2, 0) is 13.0 Å². The summed E-state index contributed by atoms with van der Waals surface area (Å²) in [5.41, 5.74) is 12.6. The quantitative estimate of drug-likeness (QED) is 0.0557. The predicted octanol–water partition coefficient (Wildman–Crippen LogP) is 13.5. The number of benzene rings is 5. The maximum atomic E-state index is 4.47. The largest absolute Gasteiger partial charge is 0.301 e. The van der Waals surface area contributed by atoms with Crippen molar-refractivity contribution in [3.63, 3.8) is 0 Å². The summed E-state index contributed by atoms with van der Waals surface area (Å²) in [4.78, 5) is 8.18. The predicted molar refractivity (Wildman–Crippen MR) is 267 cm³/mol. The van der Waals surface area contributed by atoms with Crippen LogP contribution in [0, 0.1) is 0 Å². The van der Waals surface area contributed by atoms with Crippen LogP contribution in [0.2, 0.25) is 0 Å². The lowest BCUT2D eigenvalue weighted by molar-refractivity contribution is 0.592. The molecule has 0 aliphatic heterocycles. The highest BCUT2D eigenvalue weighted by Crippen LogP contribution is 2.47. The van der Waals surface area contributed by atoms with Crippen LogP contribution in [0.4, 0.5) is 0 Å². The first-order valence-corrected chi connectivity index (χ1v) is 21.5. The molecular weight excluding hydrogens is 727 g/mol. The summed E-state index contributed by atoms with van der Waals surface area (Å²) in [6.07, 6.45) is 22.8. The molecule has 0 saturated heterocycles. The van der Waals surface area contributed by atoms with Gasteiger partial charge in [0.25, 0.3) is 0 Å². The van der Waals surface area contributed by atoms with Gasteiger partial charge in [-0.2, -0.15) is 0 Å². The van der Waals surface area contributed by atoms with Crippen molar-refractivity contribution in [2.75, 3.05) is 6.54 Å². The number of nitrogens with zero attached hydrogens (tertiary/aromatic N) is 2. The first-order chi connectivity index (χ1) is 29.4. The first kappa shape index (κ1) is 46.5. The van der Waals surface area contributed by atoms with Crippen molar-refractivity contribution in [1.29, 1.82) is 0 Å². The smallest absolute Gasteiger partial charge is 0.121 e. The maximum Gasteiger partial charge on any atom is 0.121 e. The van der Waals surface area contributed by atoms with Crippen LogP contribution in [-0.4, -0.2) is 26.1 Å². The Morgan fingerprint density at radius 2 is 1.45 bits per heavy atom. The van der Waals surface area contributed by atoms with E-state index in [1.807, 2.05) is 51.1 Å². The molecule has 308 valence electrons. The van der Waals surface area contributed by atoms with Crippen molar-refractivity contribution in [2.45, 2.75) is 79.9 Å². The van der Waals surface area contributed by atoms with Crippen LogP contribution < -0.4 is 15.8 Å². The van der Waals surface area contributed by atoms with Gasteiger partial charge < -0.3 is 4.99 Å². The minimum Gasteiger partial charge on any atom is -0.301 e. The van der Waals surface area contributed by atoms with Gasteiger partial charge in [0.2, 0.25) is 0 Å². The van der Waals surface area contributed by atoms with Gasteiger partial charge in [-0.05, 0) is 137 Å². The summed E-state index contributed by atoms with van der Waals surface area (Å²) in [6.45, 7) is 25.6. The molecule has 60 heavy (non-hydrogen) atoms. The second kappa shape index (κ2) is 25.4. The monoisotopic (exact) mass is 792 g/mol. The van der Waals surface area contributed by atoms with Gasteiger partial charge >= 0.3 is 0 Å². The SMILES string of the molecule is C=CC(=C\CC(=C/Cc1ccc2c3c(cccc13)-c1ccccc1-2)/C=C(\C)C(N=C)NCc1ccccc1)/C(C)=c1\cccc\c1=C\CC.C=NCC/C=C\C=C/C.CC. The zero-order valence-corrected chi connectivity index (χ0v) is 36.9. The summed E-state index contributed by atoms with van der Waals surface area (Å²) in [5, 5.41) is 8.80. The van der Waals surface area contributed by atoms with E-state index in [-0.39, 0.29) is 6.17 Å². The van der Waals surface area contributed by atoms with Crippen molar-refractivity contribution < 1.29 is 0 Å². The van der Waals surface area contributed by atoms with Crippen molar-refractivity contribution in [3.05, 3.63) is 203 Å². The van der Waals surface area contributed by atoms with Crippen molar-refractivity contribution in [3.8, 4) is 22.3 Å². The number of allylic oxidation sites excluding steroid dienone is 9. The third-order valence-corrected chi connectivity index (χ3v) is 10.5. The second-order valence-corrected chi connectivity index (χ2v) is 14.5. The molecule has 3 nitrogen and oxygen atoms in total. The second-order valence-electron chi connectivity index (χ2n) is 14.5. The van der Waals surface area contributed by atoms with Crippen LogP contribution in [0.5, 0.6) is 0 Å². The number of hydrogen-bond acceptors (Lipinski definition) is 3. The average Bonchev–Trinajstić information content (AvgIpc) is 3.62. The van der Waals surface area contributed by atoms with Gasteiger partial charge in [-0.3, -0.25) is 10.3 Å². The fourth-order valence-corrected chi connectivity index (χ4v) is 7.50. The lowest BCUT2D eigenvalue weighted by atomic mass is 9.95. The lowest BCUT2D eigenvalue weighted by Crippen LogP contribution is -2.27. The molecule has 1 aliphatic rings. The van der Waals surface area contributed by atoms with E-state index in [0.717, 1.165) is 49.9 Å². The number of aliphatic imine (C=N–C) groups is 2. The minimum absolute atomic E-state index is 0.188. The summed E-state index contributed by atoms with van der Waals surface area (Å²) >= 11 is 0. The van der Waals surface area contributed by atoms with Gasteiger partial charge in [0.05, 0.1) is 0 Å². The first-order valence-electron chi connectivity index (χ1n) is 21.5. The van der Waals surface area contributed by atoms with Gasteiger partial charge in [0, 0.05) is 13.1 Å². The molecule has 0 aromatic heterocycles. The Morgan fingerprint density at radius 1 is 0.767 bits per heavy atom. The average molecular weight is 792 g/mol. The Morgan fingerprint density at radius 3 is 2.13 bits per heavy atom. The Balaban J connectivity index is 0.000000640. The van der Waals surface area contributed by atoms with Crippen molar-refractivity contribution in [1.82, 2.24) is 5.32 Å². The van der Waals surface area contributed by atoms with Crippen molar-refractivity contribution in [2.24, 2.45) is 9.98 Å². The van der Waals surface area contributed by atoms with E-state index in [2.05, 4.69) is 190 Å². The molecule has 0 heterocycles. The van der Waals surface area contributed by atoms with E-state index in [1.165, 1.54) is 65.7 Å². The minimum atomic E-state index is -0.188. The third kappa shape index (κ3) is 12.7. The van der Waals surface area contributed by atoms with Gasteiger partial charge in [-0.25, -0.2) is 0 Å². The molecule has 0 saturated carbocycles. The topological polar surface area (TPSA) is 36.8 Å².